The van der Waals surface area contributed by atoms with Crippen LogP contribution in [0.15, 0.2) is 0 Å². The molecule has 1 atom stereocenters. The maximum atomic E-state index is 12.6. The first-order valence-electron chi connectivity index (χ1n) is 5.73. The molecule has 0 amide bonds. The second-order valence-electron chi connectivity index (χ2n) is 4.40. The Kier molecular flexibility index (Phi) is 4.86. The van der Waals surface area contributed by atoms with E-state index in [4.69, 9.17) is 0 Å². The van der Waals surface area contributed by atoms with Gasteiger partial charge >= 0.3 is 30.1 Å². The Labute approximate surface area is 113 Å². The third kappa shape index (κ3) is 3.63. The number of alkyl halides is 6. The molecule has 1 saturated heterocycles. The van der Waals surface area contributed by atoms with Crippen LogP contribution in [0.5, 0.6) is 0 Å². The minimum atomic E-state index is -5.88. The molecule has 4 nitrogen and oxygen atoms in total. The van der Waals surface area contributed by atoms with E-state index < -0.39 is 49.0 Å². The highest BCUT2D eigenvalue weighted by molar-refractivity contribution is 5.78. The Balaban J connectivity index is 2.77. The number of rotatable bonds is 5. The molecule has 0 aliphatic carbocycles. The van der Waals surface area contributed by atoms with Gasteiger partial charge in [-0.1, -0.05) is 6.42 Å². The summed E-state index contributed by atoms with van der Waals surface area (Å²) in [4.78, 5) is 21.2. The van der Waals surface area contributed by atoms with Crippen LogP contribution < -0.4 is 5.32 Å². The Morgan fingerprint density at radius 1 is 1.14 bits per heavy atom. The molecule has 1 aliphatic heterocycles. The van der Waals surface area contributed by atoms with Gasteiger partial charge in [0.2, 0.25) is 0 Å². The number of hydrogen-bond acceptors (Lipinski definition) is 4. The molecular formula is C10H10F7NO3. The van der Waals surface area contributed by atoms with Crippen LogP contribution in [0.1, 0.15) is 25.7 Å². The lowest BCUT2D eigenvalue weighted by Gasteiger charge is -2.31. The molecule has 0 spiro atoms. The maximum absolute atomic E-state index is 12.6. The number of carbonyl (C=O) groups excluding carboxylic acids is 2. The van der Waals surface area contributed by atoms with Gasteiger partial charge < -0.3 is 4.74 Å². The van der Waals surface area contributed by atoms with Gasteiger partial charge in [0.25, 0.3) is 0 Å². The van der Waals surface area contributed by atoms with E-state index in [1.807, 2.05) is 0 Å². The van der Waals surface area contributed by atoms with Crippen molar-refractivity contribution in [3.63, 3.8) is 0 Å². The van der Waals surface area contributed by atoms with Crippen LogP contribution in [0.4, 0.5) is 30.7 Å². The number of unbranched alkanes of at least 4 members (excludes halogenated alkanes) is 1. The van der Waals surface area contributed by atoms with E-state index in [1.54, 1.807) is 0 Å². The van der Waals surface area contributed by atoms with Crippen molar-refractivity contribution < 1.29 is 45.1 Å². The first kappa shape index (κ1) is 17.7. The number of hydrogen-bond donors (Lipinski definition) is 1. The molecule has 21 heavy (non-hydrogen) atoms. The van der Waals surface area contributed by atoms with Crippen LogP contribution in [0.2, 0.25) is 0 Å². The normalized spacial score (nSPS) is 22.2. The summed E-state index contributed by atoms with van der Waals surface area (Å²) >= 11 is 0. The Morgan fingerprint density at radius 2 is 1.67 bits per heavy atom. The van der Waals surface area contributed by atoms with Crippen molar-refractivity contribution in [3.8, 4) is 0 Å². The predicted octanol–water partition coefficient (Wildman–Crippen LogP) is 2.38. The quantitative estimate of drug-likeness (QED) is 0.365. The van der Waals surface area contributed by atoms with Crippen LogP contribution in [-0.2, 0) is 14.3 Å². The Bertz CT molecular complexity index is 404. The molecule has 11 heteroatoms. The Morgan fingerprint density at radius 3 is 2.05 bits per heavy atom. The van der Waals surface area contributed by atoms with Crippen LogP contribution in [0, 0.1) is 0 Å². The van der Waals surface area contributed by atoms with Crippen molar-refractivity contribution in [2.24, 2.45) is 0 Å². The summed E-state index contributed by atoms with van der Waals surface area (Å²) < 4.78 is 91.0. The third-order valence-corrected chi connectivity index (χ3v) is 2.83. The second-order valence-corrected chi connectivity index (χ2v) is 4.40. The fourth-order valence-corrected chi connectivity index (χ4v) is 1.80. The summed E-state index contributed by atoms with van der Waals surface area (Å²) in [5.74, 6) is -1.70. The fraction of sp³-hybridized carbons (Fsp3) is 0.800. The summed E-state index contributed by atoms with van der Waals surface area (Å²) in [6, 6.07) is -3.49. The number of halogens is 7. The van der Waals surface area contributed by atoms with Gasteiger partial charge in [-0.05, 0) is 12.8 Å². The lowest BCUT2D eigenvalue weighted by molar-refractivity contribution is -0.369. The molecule has 0 aromatic rings. The lowest BCUT2D eigenvalue weighted by Crippen LogP contribution is -2.65. The highest BCUT2D eigenvalue weighted by atomic mass is 19.4. The molecule has 0 aromatic carbocycles. The fourth-order valence-electron chi connectivity index (χ4n) is 1.80. The number of nitrogens with one attached hydrogen (secondary N) is 1. The smallest absolute Gasteiger partial charge is 0.424 e. The molecule has 122 valence electrons. The molecule has 1 heterocycles. The molecule has 1 fully saturated rings. The third-order valence-electron chi connectivity index (χ3n) is 2.83. The zero-order chi connectivity index (χ0) is 16.5. The highest BCUT2D eigenvalue weighted by Gasteiger charge is 2.78. The van der Waals surface area contributed by atoms with E-state index in [0.29, 0.717) is 0 Å². The minimum absolute atomic E-state index is 0.105. The van der Waals surface area contributed by atoms with E-state index in [0.717, 1.165) is 5.32 Å². The molecule has 0 bridgehead atoms. The van der Waals surface area contributed by atoms with Gasteiger partial charge in [-0.3, -0.25) is 14.9 Å². The summed E-state index contributed by atoms with van der Waals surface area (Å²) in [7, 11) is 0. The van der Waals surface area contributed by atoms with Gasteiger partial charge in [0, 0.05) is 6.42 Å². The maximum Gasteiger partial charge on any atom is 0.452 e. The van der Waals surface area contributed by atoms with Crippen molar-refractivity contribution in [1.29, 1.82) is 0 Å². The van der Waals surface area contributed by atoms with Crippen LogP contribution in [0.3, 0.4) is 0 Å². The standard InChI is InChI=1S/C10H10F7NO3/c11-6(19)4-2-1-3-5-7(20)21-8(18-5,9(12,13)14)10(15,16)17/h5,18H,1-4H2/t5-/m1/s1. The lowest BCUT2D eigenvalue weighted by atomic mass is 10.1. The van der Waals surface area contributed by atoms with Gasteiger partial charge in [-0.15, -0.1) is 0 Å². The SMILES string of the molecule is O=C(F)CCCC[C@H]1NC(C(F)(F)F)(C(F)(F)F)OC1=O. The van der Waals surface area contributed by atoms with Crippen molar-refractivity contribution in [2.75, 3.05) is 0 Å². The van der Waals surface area contributed by atoms with Crippen molar-refractivity contribution in [1.82, 2.24) is 5.32 Å². The molecule has 0 aromatic heterocycles. The van der Waals surface area contributed by atoms with E-state index >= 15 is 0 Å². The second kappa shape index (κ2) is 5.78. The van der Waals surface area contributed by atoms with Crippen molar-refractivity contribution in [2.45, 2.75) is 49.8 Å². The number of esters is 1. The Hall–Kier alpha value is -1.39. The van der Waals surface area contributed by atoms with Gasteiger partial charge in [0.1, 0.15) is 6.04 Å². The molecule has 0 unspecified atom stereocenters. The first-order chi connectivity index (χ1) is 9.41. The molecule has 1 N–H and O–H groups in total. The van der Waals surface area contributed by atoms with Crippen LogP contribution >= 0.6 is 0 Å². The van der Waals surface area contributed by atoms with E-state index in [9.17, 15) is 40.3 Å². The van der Waals surface area contributed by atoms with Crippen LogP contribution in [-0.4, -0.2) is 36.1 Å². The number of carbonyl (C=O) groups is 2. The summed E-state index contributed by atoms with van der Waals surface area (Å²) in [6.07, 6.45) is -13.0. The minimum Gasteiger partial charge on any atom is -0.424 e. The number of cyclic esters (lactones) is 1. The van der Waals surface area contributed by atoms with Gasteiger partial charge in [-0.2, -0.15) is 30.7 Å². The van der Waals surface area contributed by atoms with E-state index in [1.165, 1.54) is 0 Å². The summed E-state index contributed by atoms with van der Waals surface area (Å²) in [6.45, 7) is 0. The van der Waals surface area contributed by atoms with Crippen LogP contribution in [0.25, 0.3) is 0 Å². The van der Waals surface area contributed by atoms with Gasteiger partial charge in [-0.25, -0.2) is 0 Å². The molecule has 0 radical (unpaired) electrons. The monoisotopic (exact) mass is 325 g/mol. The number of ether oxygens (including phenoxy) is 1. The highest BCUT2D eigenvalue weighted by Crippen LogP contribution is 2.47. The van der Waals surface area contributed by atoms with Crippen molar-refractivity contribution in [3.05, 3.63) is 0 Å². The zero-order valence-electron chi connectivity index (χ0n) is 10.3. The molecule has 0 saturated carbocycles. The van der Waals surface area contributed by atoms with E-state index in [2.05, 4.69) is 4.74 Å². The molecule has 1 aliphatic rings. The summed E-state index contributed by atoms with van der Waals surface area (Å²) in [5.41, 5.74) is -4.74. The van der Waals surface area contributed by atoms with Gasteiger partial charge in [0.05, 0.1) is 0 Å². The van der Waals surface area contributed by atoms with Crippen molar-refractivity contribution >= 4 is 12.0 Å². The summed E-state index contributed by atoms with van der Waals surface area (Å²) in [5, 5.41) is 1.12. The topological polar surface area (TPSA) is 55.4 Å². The zero-order valence-corrected chi connectivity index (χ0v) is 10.3. The predicted molar refractivity (Wildman–Crippen MR) is 52.4 cm³/mol. The van der Waals surface area contributed by atoms with E-state index in [-0.39, 0.29) is 12.8 Å². The molecular weight excluding hydrogens is 315 g/mol. The largest absolute Gasteiger partial charge is 0.452 e. The van der Waals surface area contributed by atoms with Gasteiger partial charge in [0.15, 0.2) is 0 Å². The average molecular weight is 325 g/mol. The average Bonchev–Trinajstić information content (AvgIpc) is 2.62. The first-order valence-corrected chi connectivity index (χ1v) is 5.73. The molecule has 1 rings (SSSR count).